The van der Waals surface area contributed by atoms with E-state index in [0.29, 0.717) is 50.0 Å². The molecule has 2 aliphatic rings. The minimum atomic E-state index is -0.498. The van der Waals surface area contributed by atoms with E-state index in [9.17, 15) is 9.90 Å². The van der Waals surface area contributed by atoms with E-state index >= 15 is 0 Å². The van der Waals surface area contributed by atoms with Crippen molar-refractivity contribution in [3.8, 4) is 16.8 Å². The molecule has 2 aromatic heterocycles. The van der Waals surface area contributed by atoms with Gasteiger partial charge in [0.15, 0.2) is 5.82 Å². The monoisotopic (exact) mass is 641 g/mol. The zero-order valence-electron chi connectivity index (χ0n) is 25.7. The quantitative estimate of drug-likeness (QED) is 0.295. The van der Waals surface area contributed by atoms with Gasteiger partial charge < -0.3 is 20.6 Å². The first-order valence-electron chi connectivity index (χ1n) is 15.1. The molecule has 0 saturated carbocycles. The summed E-state index contributed by atoms with van der Waals surface area (Å²) in [4.78, 5) is 24.4. The number of aryl methyl sites for hydroxylation is 2. The maximum Gasteiger partial charge on any atom is 0.225 e. The van der Waals surface area contributed by atoms with Crippen molar-refractivity contribution in [3.05, 3.63) is 91.8 Å². The molecule has 4 heterocycles. The molecule has 2 aromatic carbocycles. The third kappa shape index (κ3) is 6.14. The molecule has 1 fully saturated rings. The average molecular weight is 642 g/mol. The molecule has 0 unspecified atom stereocenters. The van der Waals surface area contributed by atoms with Crippen molar-refractivity contribution in [3.63, 3.8) is 0 Å². The molecule has 9 nitrogen and oxygen atoms in total. The van der Waals surface area contributed by atoms with Gasteiger partial charge in [0.05, 0.1) is 18.7 Å². The number of anilines is 1. The Balaban J connectivity index is 1.24. The number of amides is 1. The number of halogens is 1. The number of aliphatic hydroxyl groups is 1. The molecule has 0 radical (unpaired) electrons. The number of rotatable bonds is 6. The van der Waals surface area contributed by atoms with E-state index in [2.05, 4.69) is 45.4 Å². The van der Waals surface area contributed by atoms with Crippen LogP contribution in [0.3, 0.4) is 0 Å². The predicted molar refractivity (Wildman–Crippen MR) is 180 cm³/mol. The van der Waals surface area contributed by atoms with Crippen LogP contribution < -0.4 is 10.6 Å². The molecule has 0 bridgehead atoms. The van der Waals surface area contributed by atoms with Gasteiger partial charge in [-0.15, -0.1) is 21.5 Å². The van der Waals surface area contributed by atoms with Crippen LogP contribution in [0.5, 0.6) is 0 Å². The van der Waals surface area contributed by atoms with Crippen molar-refractivity contribution >= 4 is 40.2 Å². The van der Waals surface area contributed by atoms with Gasteiger partial charge >= 0.3 is 0 Å². The van der Waals surface area contributed by atoms with Crippen molar-refractivity contribution in [1.82, 2.24) is 19.7 Å². The van der Waals surface area contributed by atoms with Gasteiger partial charge in [-0.3, -0.25) is 14.4 Å². The maximum absolute atomic E-state index is 13.8. The van der Waals surface area contributed by atoms with E-state index in [4.69, 9.17) is 22.3 Å². The summed E-state index contributed by atoms with van der Waals surface area (Å²) in [6, 6.07) is 13.2. The van der Waals surface area contributed by atoms with Gasteiger partial charge in [0.1, 0.15) is 16.9 Å². The first-order valence-corrected chi connectivity index (χ1v) is 16.3. The minimum absolute atomic E-state index is 0.0331. The summed E-state index contributed by atoms with van der Waals surface area (Å²) < 4.78 is 2.07. The van der Waals surface area contributed by atoms with Gasteiger partial charge in [-0.1, -0.05) is 35.6 Å². The molecule has 0 spiro atoms. The highest BCUT2D eigenvalue weighted by Crippen LogP contribution is 2.40. The number of hydrogen-bond donors (Lipinski definition) is 2. The van der Waals surface area contributed by atoms with Crippen molar-refractivity contribution in [2.24, 2.45) is 10.7 Å². The molecule has 4 aromatic rings. The van der Waals surface area contributed by atoms with Gasteiger partial charge in [-0.05, 0) is 62.2 Å². The normalized spacial score (nSPS) is 16.0. The number of aromatic nitrogens is 3. The summed E-state index contributed by atoms with van der Waals surface area (Å²) in [5.41, 5.74) is 12.2. The Hall–Kier alpha value is -4.01. The highest BCUT2D eigenvalue weighted by molar-refractivity contribution is 7.15. The third-order valence-electron chi connectivity index (χ3n) is 8.47. The second-order valence-corrected chi connectivity index (χ2v) is 13.0. The predicted octanol–water partition coefficient (Wildman–Crippen LogP) is 4.73. The number of fused-ring (bicyclic) bond motifs is 3. The van der Waals surface area contributed by atoms with Gasteiger partial charge in [0.25, 0.3) is 0 Å². The minimum Gasteiger partial charge on any atom is -0.392 e. The zero-order valence-corrected chi connectivity index (χ0v) is 27.3. The molecule has 0 aliphatic carbocycles. The lowest BCUT2D eigenvalue weighted by molar-refractivity contribution is -0.131. The van der Waals surface area contributed by atoms with Crippen LogP contribution >= 0.6 is 22.9 Å². The lowest BCUT2D eigenvalue weighted by Gasteiger charge is -2.36. The maximum atomic E-state index is 13.8. The van der Waals surface area contributed by atoms with Crippen LogP contribution in [0.2, 0.25) is 5.02 Å². The van der Waals surface area contributed by atoms with Crippen LogP contribution in [-0.2, 0) is 11.4 Å². The standard InChI is InChI=1S/C34H36ClN7O2S/c1-21-22(2)45-34-31(21)32(25-7-10-27(35)11-8-25)37-29(33-39-38-23(3)42(33)34)19-30(44)41-16-14-40(15-17-41)28-12-9-24(6-4-5-13-36)26(18-28)20-43/h7-12,18,29,43H,5,13-17,19-20,36H2,1-3H3/t29-/m0/s1. The van der Waals surface area contributed by atoms with Crippen LogP contribution in [0, 0.1) is 32.6 Å². The largest absolute Gasteiger partial charge is 0.392 e. The summed E-state index contributed by atoms with van der Waals surface area (Å²) in [5, 5.41) is 20.6. The molecule has 11 heteroatoms. The van der Waals surface area contributed by atoms with Crippen molar-refractivity contribution in [2.45, 2.75) is 46.3 Å². The Kier molecular flexibility index (Phi) is 9.06. The number of benzene rings is 2. The molecule has 232 valence electrons. The SMILES string of the molecule is Cc1sc2c(c1C)C(c1ccc(Cl)cc1)=N[C@@H](CC(=O)N1CCN(c3ccc(C#CCCN)c(CO)c3)CC1)c1nnc(C)n1-2. The lowest BCUT2D eigenvalue weighted by Crippen LogP contribution is -2.49. The van der Waals surface area contributed by atoms with E-state index in [1.807, 2.05) is 54.3 Å². The Bertz CT molecular complexity index is 1830. The number of nitrogens with two attached hydrogens (primary N) is 1. The van der Waals surface area contributed by atoms with E-state index in [1.54, 1.807) is 11.3 Å². The summed E-state index contributed by atoms with van der Waals surface area (Å²) in [7, 11) is 0. The zero-order chi connectivity index (χ0) is 31.7. The smallest absolute Gasteiger partial charge is 0.225 e. The van der Waals surface area contributed by atoms with E-state index < -0.39 is 6.04 Å². The Morgan fingerprint density at radius 1 is 1.09 bits per heavy atom. The second kappa shape index (κ2) is 13.2. The van der Waals surface area contributed by atoms with Crippen molar-refractivity contribution < 1.29 is 9.90 Å². The van der Waals surface area contributed by atoms with Crippen molar-refractivity contribution in [2.75, 3.05) is 37.6 Å². The van der Waals surface area contributed by atoms with Gasteiger partial charge in [0.2, 0.25) is 5.91 Å². The fourth-order valence-electron chi connectivity index (χ4n) is 5.90. The molecule has 45 heavy (non-hydrogen) atoms. The first kappa shape index (κ1) is 31.0. The molecular formula is C34H36ClN7O2S. The van der Waals surface area contributed by atoms with Crippen molar-refractivity contribution in [1.29, 1.82) is 0 Å². The summed E-state index contributed by atoms with van der Waals surface area (Å²) in [6.07, 6.45) is 0.802. The molecule has 2 aliphatic heterocycles. The topological polar surface area (TPSA) is 113 Å². The fraction of sp³-hybridized carbons (Fsp3) is 0.353. The van der Waals surface area contributed by atoms with Crippen LogP contribution in [0.1, 0.15) is 63.2 Å². The number of carbonyl (C=O) groups is 1. The number of carbonyl (C=O) groups excluding carboxylic acids is 1. The number of aliphatic imine (C=N–C) groups is 1. The Labute approximate surface area is 272 Å². The van der Waals surface area contributed by atoms with Crippen LogP contribution in [-0.4, -0.2) is 69.1 Å². The Morgan fingerprint density at radius 3 is 2.56 bits per heavy atom. The molecule has 1 saturated heterocycles. The van der Waals surface area contributed by atoms with Gasteiger partial charge in [-0.2, -0.15) is 0 Å². The van der Waals surface area contributed by atoms with E-state index in [-0.39, 0.29) is 18.9 Å². The lowest BCUT2D eigenvalue weighted by atomic mass is 9.99. The molecule has 3 N–H and O–H groups in total. The first-order chi connectivity index (χ1) is 21.8. The average Bonchev–Trinajstić information content (AvgIpc) is 3.53. The number of aliphatic hydroxyl groups excluding tert-OH is 1. The van der Waals surface area contributed by atoms with E-state index in [0.717, 1.165) is 50.0 Å². The van der Waals surface area contributed by atoms with Crippen LogP contribution in [0.25, 0.3) is 5.00 Å². The summed E-state index contributed by atoms with van der Waals surface area (Å²) >= 11 is 7.93. The highest BCUT2D eigenvalue weighted by Gasteiger charge is 2.34. The van der Waals surface area contributed by atoms with Gasteiger partial charge in [0, 0.05) is 71.4 Å². The fourth-order valence-corrected chi connectivity index (χ4v) is 7.24. The molecule has 6 rings (SSSR count). The third-order valence-corrected chi connectivity index (χ3v) is 9.92. The highest BCUT2D eigenvalue weighted by atomic mass is 35.5. The molecule has 1 amide bonds. The number of nitrogens with zero attached hydrogens (tertiary/aromatic N) is 6. The number of piperazine rings is 1. The molecular weight excluding hydrogens is 606 g/mol. The Morgan fingerprint density at radius 2 is 1.84 bits per heavy atom. The number of thiophene rings is 1. The number of hydrogen-bond acceptors (Lipinski definition) is 8. The summed E-state index contributed by atoms with van der Waals surface area (Å²) in [6.45, 7) is 9.14. The van der Waals surface area contributed by atoms with Gasteiger partial charge in [-0.25, -0.2) is 0 Å². The second-order valence-electron chi connectivity index (χ2n) is 11.3. The molecule has 1 atom stereocenters. The summed E-state index contributed by atoms with van der Waals surface area (Å²) in [5.74, 6) is 7.63. The van der Waals surface area contributed by atoms with Crippen LogP contribution in [0.4, 0.5) is 5.69 Å². The van der Waals surface area contributed by atoms with Crippen LogP contribution in [0.15, 0.2) is 47.5 Å². The van der Waals surface area contributed by atoms with E-state index in [1.165, 1.54) is 4.88 Å².